The van der Waals surface area contributed by atoms with Crippen LogP contribution in [0.2, 0.25) is 0 Å². The molecule has 0 aliphatic rings. The van der Waals surface area contributed by atoms with Crippen LogP contribution in [0.15, 0.2) is 24.4 Å². The number of aryl methyl sites for hydroxylation is 1. The highest BCUT2D eigenvalue weighted by Gasteiger charge is 1.94. The predicted molar refractivity (Wildman–Crippen MR) is 41.9 cm³/mol. The maximum Gasteiger partial charge on any atom is 0.0462 e. The first-order valence-corrected chi connectivity index (χ1v) is 3.32. The smallest absolute Gasteiger partial charge is 0.0462 e. The van der Waals surface area contributed by atoms with Crippen molar-refractivity contribution in [1.82, 2.24) is 4.98 Å². The minimum atomic E-state index is 1.17. The van der Waals surface area contributed by atoms with Crippen LogP contribution in [-0.4, -0.2) is 4.98 Å². The zero-order valence-corrected chi connectivity index (χ0v) is 5.81. The van der Waals surface area contributed by atoms with Crippen molar-refractivity contribution in [1.29, 1.82) is 0 Å². The van der Waals surface area contributed by atoms with Gasteiger partial charge in [-0.05, 0) is 24.6 Å². The van der Waals surface area contributed by atoms with Crippen molar-refractivity contribution in [3.05, 3.63) is 36.0 Å². The third-order valence-corrected chi connectivity index (χ3v) is 1.73. The van der Waals surface area contributed by atoms with Crippen LogP contribution in [0.4, 0.5) is 0 Å². The Hall–Kier alpha value is -1.24. The Labute approximate surface area is 59.7 Å². The highest BCUT2D eigenvalue weighted by atomic mass is 14.7. The number of rotatable bonds is 0. The summed E-state index contributed by atoms with van der Waals surface area (Å²) in [5, 5.41) is 1.29. The Balaban J connectivity index is 2.93. The number of hydrogen-bond acceptors (Lipinski definition) is 0. The molecule has 1 radical (unpaired) electrons. The van der Waals surface area contributed by atoms with E-state index in [1.807, 2.05) is 18.3 Å². The zero-order chi connectivity index (χ0) is 6.97. The van der Waals surface area contributed by atoms with Crippen molar-refractivity contribution < 1.29 is 0 Å². The second-order valence-corrected chi connectivity index (χ2v) is 2.44. The van der Waals surface area contributed by atoms with E-state index in [9.17, 15) is 0 Å². The van der Waals surface area contributed by atoms with E-state index in [4.69, 9.17) is 0 Å². The number of H-pyrrole nitrogens is 1. The molecule has 0 bridgehead atoms. The quantitative estimate of drug-likeness (QED) is 0.563. The van der Waals surface area contributed by atoms with Gasteiger partial charge in [-0.3, -0.25) is 0 Å². The molecule has 0 amide bonds. The number of nitrogens with one attached hydrogen (secondary N) is 1. The van der Waals surface area contributed by atoms with Gasteiger partial charge in [0.25, 0.3) is 0 Å². The first kappa shape index (κ1) is 5.54. The largest absolute Gasteiger partial charge is 0.361 e. The third-order valence-electron chi connectivity index (χ3n) is 1.73. The van der Waals surface area contributed by atoms with E-state index < -0.39 is 0 Å². The van der Waals surface area contributed by atoms with E-state index >= 15 is 0 Å². The van der Waals surface area contributed by atoms with Crippen molar-refractivity contribution in [3.63, 3.8) is 0 Å². The van der Waals surface area contributed by atoms with Crippen LogP contribution in [0.5, 0.6) is 0 Å². The summed E-state index contributed by atoms with van der Waals surface area (Å²) in [6, 6.07) is 8.98. The van der Waals surface area contributed by atoms with Crippen molar-refractivity contribution in [3.8, 4) is 0 Å². The maximum atomic E-state index is 3.16. The summed E-state index contributed by atoms with van der Waals surface area (Å²) >= 11 is 0. The number of aromatic amines is 1. The van der Waals surface area contributed by atoms with Gasteiger partial charge in [-0.25, -0.2) is 0 Å². The monoisotopic (exact) mass is 130 g/mol. The summed E-state index contributed by atoms with van der Waals surface area (Å²) < 4.78 is 0. The van der Waals surface area contributed by atoms with E-state index in [0.29, 0.717) is 0 Å². The van der Waals surface area contributed by atoms with Crippen LogP contribution in [0.1, 0.15) is 5.56 Å². The van der Waals surface area contributed by atoms with Gasteiger partial charge in [-0.15, -0.1) is 0 Å². The van der Waals surface area contributed by atoms with Gasteiger partial charge in [0, 0.05) is 17.1 Å². The van der Waals surface area contributed by atoms with Crippen LogP contribution < -0.4 is 0 Å². The van der Waals surface area contributed by atoms with Gasteiger partial charge in [0.05, 0.1) is 0 Å². The zero-order valence-electron chi connectivity index (χ0n) is 5.81. The molecule has 10 heavy (non-hydrogen) atoms. The predicted octanol–water partition coefficient (Wildman–Crippen LogP) is 2.28. The Bertz CT molecular complexity index is 346. The molecule has 0 unspecified atom stereocenters. The van der Waals surface area contributed by atoms with Gasteiger partial charge in [-0.2, -0.15) is 0 Å². The molecule has 2 rings (SSSR count). The lowest BCUT2D eigenvalue weighted by atomic mass is 10.2. The van der Waals surface area contributed by atoms with Crippen molar-refractivity contribution in [2.45, 2.75) is 6.92 Å². The van der Waals surface area contributed by atoms with Crippen LogP contribution in [0.25, 0.3) is 10.9 Å². The molecule has 0 atom stereocenters. The van der Waals surface area contributed by atoms with Gasteiger partial charge in [0.1, 0.15) is 0 Å². The van der Waals surface area contributed by atoms with Gasteiger partial charge >= 0.3 is 0 Å². The van der Waals surface area contributed by atoms with Crippen LogP contribution in [-0.2, 0) is 0 Å². The van der Waals surface area contributed by atoms with Gasteiger partial charge in [0.15, 0.2) is 0 Å². The first-order valence-electron chi connectivity index (χ1n) is 3.32. The van der Waals surface area contributed by atoms with E-state index in [1.54, 1.807) is 0 Å². The minimum absolute atomic E-state index is 1.17. The molecular weight excluding hydrogens is 122 g/mol. The van der Waals surface area contributed by atoms with E-state index in [-0.39, 0.29) is 0 Å². The SMILES string of the molecule is Cc1c[nH]c2c[c]ccc12. The van der Waals surface area contributed by atoms with Crippen LogP contribution >= 0.6 is 0 Å². The molecule has 1 nitrogen and oxygen atoms in total. The lowest BCUT2D eigenvalue weighted by molar-refractivity contribution is 1.43. The lowest BCUT2D eigenvalue weighted by Gasteiger charge is -1.86. The molecule has 0 saturated heterocycles. The number of fused-ring (bicyclic) bond motifs is 1. The first-order chi connectivity index (χ1) is 4.88. The number of hydrogen-bond donors (Lipinski definition) is 1. The molecule has 49 valence electrons. The number of aromatic nitrogens is 1. The fourth-order valence-corrected chi connectivity index (χ4v) is 1.16. The molecule has 2 aromatic rings. The fourth-order valence-electron chi connectivity index (χ4n) is 1.16. The van der Waals surface area contributed by atoms with Crippen LogP contribution in [0, 0.1) is 13.0 Å². The standard InChI is InChI=1S/C9H8N/c1-7-6-10-9-5-3-2-4-8(7)9/h2,4-6,10H,1H3. The summed E-state index contributed by atoms with van der Waals surface area (Å²) in [5.74, 6) is 0. The molecule has 0 fully saturated rings. The Morgan fingerprint density at radius 2 is 2.40 bits per heavy atom. The third kappa shape index (κ3) is 0.637. The molecule has 1 aromatic heterocycles. The molecule has 1 N–H and O–H groups in total. The fraction of sp³-hybridized carbons (Fsp3) is 0.111. The Kier molecular flexibility index (Phi) is 1.04. The maximum absolute atomic E-state index is 3.16. The molecule has 1 heteroatoms. The average molecular weight is 130 g/mol. The van der Waals surface area contributed by atoms with Crippen molar-refractivity contribution in [2.75, 3.05) is 0 Å². The van der Waals surface area contributed by atoms with E-state index in [1.165, 1.54) is 16.5 Å². The second-order valence-electron chi connectivity index (χ2n) is 2.44. The van der Waals surface area contributed by atoms with Crippen LogP contribution in [0.3, 0.4) is 0 Å². The summed E-state index contributed by atoms with van der Waals surface area (Å²) in [5.41, 5.74) is 2.46. The van der Waals surface area contributed by atoms with Gasteiger partial charge in [0.2, 0.25) is 0 Å². The summed E-state index contributed by atoms with van der Waals surface area (Å²) in [4.78, 5) is 3.16. The summed E-state index contributed by atoms with van der Waals surface area (Å²) in [6.45, 7) is 2.10. The molecule has 0 aliphatic heterocycles. The van der Waals surface area contributed by atoms with Gasteiger partial charge in [-0.1, -0.05) is 12.1 Å². The number of benzene rings is 1. The molecule has 1 aromatic carbocycles. The minimum Gasteiger partial charge on any atom is -0.361 e. The van der Waals surface area contributed by atoms with Crippen molar-refractivity contribution in [2.24, 2.45) is 0 Å². The molecule has 1 heterocycles. The average Bonchev–Trinajstić information content (AvgIpc) is 2.34. The molecule has 0 saturated carbocycles. The van der Waals surface area contributed by atoms with E-state index in [2.05, 4.69) is 24.0 Å². The molecule has 0 aliphatic carbocycles. The molecule has 0 spiro atoms. The van der Waals surface area contributed by atoms with E-state index in [0.717, 1.165) is 0 Å². The second kappa shape index (κ2) is 1.87. The Morgan fingerprint density at radius 1 is 1.50 bits per heavy atom. The summed E-state index contributed by atoms with van der Waals surface area (Å²) in [7, 11) is 0. The lowest BCUT2D eigenvalue weighted by Crippen LogP contribution is -1.65. The van der Waals surface area contributed by atoms with Gasteiger partial charge < -0.3 is 4.98 Å². The normalized spacial score (nSPS) is 10.5. The highest BCUT2D eigenvalue weighted by molar-refractivity contribution is 5.82. The summed E-state index contributed by atoms with van der Waals surface area (Å²) in [6.07, 6.45) is 2.01. The topological polar surface area (TPSA) is 15.8 Å². The molecular formula is C9H8N. The van der Waals surface area contributed by atoms with Crippen molar-refractivity contribution >= 4 is 10.9 Å². The Morgan fingerprint density at radius 3 is 3.20 bits per heavy atom. The highest BCUT2D eigenvalue weighted by Crippen LogP contribution is 2.15.